The van der Waals surface area contributed by atoms with Crippen LogP contribution in [0.4, 0.5) is 0 Å². The van der Waals surface area contributed by atoms with Crippen LogP contribution in [-0.2, 0) is 28.5 Å². The van der Waals surface area contributed by atoms with Crippen LogP contribution >= 0.6 is 0 Å². The van der Waals surface area contributed by atoms with Gasteiger partial charge in [0.15, 0.2) is 12.4 Å². The van der Waals surface area contributed by atoms with Crippen LogP contribution in [-0.4, -0.2) is 89.0 Å². The smallest absolute Gasteiger partial charge is 0.306 e. The molecule has 56 heavy (non-hydrogen) atoms. The Bertz CT molecular complexity index is 1100. The minimum atomic E-state index is -1.60. The van der Waals surface area contributed by atoms with Crippen molar-refractivity contribution in [2.24, 2.45) is 0 Å². The van der Waals surface area contributed by atoms with Crippen molar-refractivity contribution in [3.63, 3.8) is 0 Å². The van der Waals surface area contributed by atoms with Crippen LogP contribution in [0.15, 0.2) is 60.8 Å². The molecule has 6 atom stereocenters. The largest absolute Gasteiger partial charge is 0.462 e. The third-order valence-corrected chi connectivity index (χ3v) is 9.67. The van der Waals surface area contributed by atoms with Crippen LogP contribution in [0.2, 0.25) is 0 Å². The van der Waals surface area contributed by atoms with Crippen LogP contribution in [0, 0.1) is 0 Å². The summed E-state index contributed by atoms with van der Waals surface area (Å²) in [4.78, 5) is 25.3. The molecule has 1 fully saturated rings. The molecule has 0 saturated carbocycles. The third kappa shape index (κ3) is 27.9. The summed E-state index contributed by atoms with van der Waals surface area (Å²) in [7, 11) is 0. The zero-order chi connectivity index (χ0) is 40.9. The molecule has 0 aliphatic carbocycles. The molecule has 4 N–H and O–H groups in total. The molecule has 10 nitrogen and oxygen atoms in total. The normalized spacial score (nSPS) is 21.0. The number of carbonyl (C=O) groups is 2. The molecular weight excluding hydrogens is 712 g/mol. The number of aliphatic hydroxyl groups is 4. The molecule has 1 aliphatic heterocycles. The maximum atomic E-state index is 12.7. The Hall–Kier alpha value is -2.60. The number of esters is 2. The summed E-state index contributed by atoms with van der Waals surface area (Å²) in [6, 6.07) is 0. The lowest BCUT2D eigenvalue weighted by atomic mass is 9.99. The van der Waals surface area contributed by atoms with E-state index < -0.39 is 49.4 Å². The summed E-state index contributed by atoms with van der Waals surface area (Å²) < 4.78 is 22.1. The molecule has 6 unspecified atom stereocenters. The SMILES string of the molecule is CC/C=C\C/C=C\C/C=C\C/C=C\C/C=C\CCCCCC(=O)OC(COC(=O)CCCCCCCCCCCCCC)COC1OC(CO)C(O)C(O)C1O. The number of carbonyl (C=O) groups excluding carboxylic acids is 2. The molecular formula is C46H78O10. The van der Waals surface area contributed by atoms with E-state index in [0.717, 1.165) is 70.6 Å². The van der Waals surface area contributed by atoms with Gasteiger partial charge in [-0.3, -0.25) is 9.59 Å². The monoisotopic (exact) mass is 791 g/mol. The summed E-state index contributed by atoms with van der Waals surface area (Å²) in [6.45, 7) is 3.26. The maximum Gasteiger partial charge on any atom is 0.306 e. The predicted octanol–water partition coefficient (Wildman–Crippen LogP) is 9.05. The molecule has 0 aromatic rings. The van der Waals surface area contributed by atoms with Crippen molar-refractivity contribution in [2.75, 3.05) is 19.8 Å². The minimum Gasteiger partial charge on any atom is -0.462 e. The van der Waals surface area contributed by atoms with Gasteiger partial charge in [0.1, 0.15) is 31.0 Å². The first-order valence-electron chi connectivity index (χ1n) is 21.9. The number of hydrogen-bond acceptors (Lipinski definition) is 10. The number of hydrogen-bond donors (Lipinski definition) is 4. The van der Waals surface area contributed by atoms with Gasteiger partial charge < -0.3 is 39.4 Å². The Morgan fingerprint density at radius 2 is 1.05 bits per heavy atom. The summed E-state index contributed by atoms with van der Waals surface area (Å²) in [6.07, 6.45) is 36.5. The van der Waals surface area contributed by atoms with Crippen molar-refractivity contribution in [1.29, 1.82) is 0 Å². The van der Waals surface area contributed by atoms with E-state index in [4.69, 9.17) is 18.9 Å². The van der Waals surface area contributed by atoms with Crippen LogP contribution in [0.1, 0.15) is 162 Å². The van der Waals surface area contributed by atoms with Gasteiger partial charge in [0.2, 0.25) is 0 Å². The highest BCUT2D eigenvalue weighted by atomic mass is 16.7. The van der Waals surface area contributed by atoms with Gasteiger partial charge in [-0.15, -0.1) is 0 Å². The molecule has 0 radical (unpaired) electrons. The van der Waals surface area contributed by atoms with Gasteiger partial charge in [0.25, 0.3) is 0 Å². The minimum absolute atomic E-state index is 0.190. The number of rotatable bonds is 35. The number of ether oxygens (including phenoxy) is 4. The molecule has 1 heterocycles. The highest BCUT2D eigenvalue weighted by Crippen LogP contribution is 2.22. The van der Waals surface area contributed by atoms with Gasteiger partial charge >= 0.3 is 11.9 Å². The molecule has 10 heteroatoms. The summed E-state index contributed by atoms with van der Waals surface area (Å²) >= 11 is 0. The molecule has 0 spiro atoms. The fraction of sp³-hybridized carbons (Fsp3) is 0.739. The first-order valence-corrected chi connectivity index (χ1v) is 21.9. The molecule has 0 aromatic carbocycles. The lowest BCUT2D eigenvalue weighted by molar-refractivity contribution is -0.305. The van der Waals surface area contributed by atoms with E-state index >= 15 is 0 Å². The second-order valence-corrected chi connectivity index (χ2v) is 14.8. The predicted molar refractivity (Wildman–Crippen MR) is 224 cm³/mol. The second kappa shape index (κ2) is 36.7. The fourth-order valence-electron chi connectivity index (χ4n) is 6.21. The van der Waals surface area contributed by atoms with Gasteiger partial charge in [0.05, 0.1) is 13.2 Å². The summed E-state index contributed by atoms with van der Waals surface area (Å²) in [5.74, 6) is -0.847. The van der Waals surface area contributed by atoms with Crippen LogP contribution < -0.4 is 0 Å². The van der Waals surface area contributed by atoms with Gasteiger partial charge in [-0.25, -0.2) is 0 Å². The Labute approximate surface area is 339 Å². The summed E-state index contributed by atoms with van der Waals surface area (Å²) in [5, 5.41) is 40.0. The van der Waals surface area contributed by atoms with Crippen molar-refractivity contribution >= 4 is 11.9 Å². The van der Waals surface area contributed by atoms with Crippen molar-refractivity contribution in [3.05, 3.63) is 60.8 Å². The summed E-state index contributed by atoms with van der Waals surface area (Å²) in [5.41, 5.74) is 0. The second-order valence-electron chi connectivity index (χ2n) is 14.8. The van der Waals surface area contributed by atoms with Crippen molar-refractivity contribution in [2.45, 2.75) is 198 Å². The van der Waals surface area contributed by atoms with Gasteiger partial charge in [0, 0.05) is 12.8 Å². The first kappa shape index (κ1) is 51.4. The zero-order valence-corrected chi connectivity index (χ0v) is 34.9. The van der Waals surface area contributed by atoms with E-state index in [1.54, 1.807) is 0 Å². The standard InChI is InChI=1S/C46H78O10/c1-3-5-7-9-11-13-15-17-18-19-20-21-22-23-25-27-29-31-33-35-42(49)55-39(38-54-46-45(52)44(51)43(50)40(36-47)56-46)37-53-41(48)34-32-30-28-26-24-16-14-12-10-8-6-4-2/h5,7,11,13,17-18,20-21,23,25,39-40,43-47,50-52H,3-4,6,8-10,12,14-16,19,22,24,26-38H2,1-2H3/b7-5-,13-11-,18-17-,21-20-,25-23-. The molecule has 0 amide bonds. The Morgan fingerprint density at radius 3 is 1.59 bits per heavy atom. The lowest BCUT2D eigenvalue weighted by Gasteiger charge is -2.39. The molecule has 322 valence electrons. The van der Waals surface area contributed by atoms with Crippen LogP contribution in [0.25, 0.3) is 0 Å². The number of unbranched alkanes of at least 4 members (excludes halogenated alkanes) is 14. The molecule has 0 bridgehead atoms. The van der Waals surface area contributed by atoms with Crippen molar-refractivity contribution < 1.29 is 49.0 Å². The van der Waals surface area contributed by atoms with Crippen LogP contribution in [0.5, 0.6) is 0 Å². The van der Waals surface area contributed by atoms with Crippen molar-refractivity contribution in [1.82, 2.24) is 0 Å². The maximum absolute atomic E-state index is 12.7. The highest BCUT2D eigenvalue weighted by molar-refractivity contribution is 5.70. The van der Waals surface area contributed by atoms with E-state index in [1.165, 1.54) is 57.8 Å². The third-order valence-electron chi connectivity index (χ3n) is 9.67. The molecule has 1 rings (SSSR count). The average Bonchev–Trinajstić information content (AvgIpc) is 3.19. The molecule has 1 aliphatic rings. The first-order chi connectivity index (χ1) is 27.3. The Morgan fingerprint density at radius 1 is 0.571 bits per heavy atom. The number of allylic oxidation sites excluding steroid dienone is 10. The van der Waals surface area contributed by atoms with Gasteiger partial charge in [-0.05, 0) is 57.8 Å². The molecule has 0 aromatic heterocycles. The lowest BCUT2D eigenvalue weighted by Crippen LogP contribution is -2.59. The highest BCUT2D eigenvalue weighted by Gasteiger charge is 2.44. The Balaban J connectivity index is 2.37. The van der Waals surface area contributed by atoms with Gasteiger partial charge in [-0.1, -0.05) is 152 Å². The van der Waals surface area contributed by atoms with Crippen molar-refractivity contribution in [3.8, 4) is 0 Å². The van der Waals surface area contributed by atoms with Gasteiger partial charge in [-0.2, -0.15) is 0 Å². The zero-order valence-electron chi connectivity index (χ0n) is 34.9. The Kier molecular flexibility index (Phi) is 33.7. The van der Waals surface area contributed by atoms with Crippen LogP contribution in [0.3, 0.4) is 0 Å². The van der Waals surface area contributed by atoms with E-state index in [1.807, 2.05) is 0 Å². The quantitative estimate of drug-likeness (QED) is 0.0278. The average molecular weight is 791 g/mol. The van der Waals surface area contributed by atoms with E-state index in [0.29, 0.717) is 6.42 Å². The topological polar surface area (TPSA) is 152 Å². The van der Waals surface area contributed by atoms with E-state index in [2.05, 4.69) is 74.6 Å². The number of aliphatic hydroxyl groups excluding tert-OH is 4. The van der Waals surface area contributed by atoms with E-state index in [-0.39, 0.29) is 32.0 Å². The van der Waals surface area contributed by atoms with E-state index in [9.17, 15) is 30.0 Å². The molecule has 1 saturated heterocycles. The fourth-order valence-corrected chi connectivity index (χ4v) is 6.21.